The van der Waals surface area contributed by atoms with Gasteiger partial charge in [-0.1, -0.05) is 19.9 Å². The molecule has 0 unspecified atom stereocenters. The molecule has 1 saturated carbocycles. The van der Waals surface area contributed by atoms with Crippen LogP contribution >= 0.6 is 0 Å². The first-order valence-corrected chi connectivity index (χ1v) is 7.09. The number of phenolic OH excluding ortho intramolecular Hbond substituents is 1. The van der Waals surface area contributed by atoms with Gasteiger partial charge in [-0.2, -0.15) is 0 Å². The molecule has 0 amide bonds. The second-order valence-electron chi connectivity index (χ2n) is 6.31. The van der Waals surface area contributed by atoms with Crippen LogP contribution in [0.4, 0.5) is 0 Å². The molecule has 0 spiro atoms. The standard InChI is InChI=1S/C16H25NO2/c1-16(2)8-6-13(7-9-16)17-11-12-4-5-14(19-3)10-15(12)18/h4-5,10,13,17-18H,6-9,11H2,1-3H3. The summed E-state index contributed by atoms with van der Waals surface area (Å²) in [7, 11) is 1.61. The molecule has 0 heterocycles. The Kier molecular flexibility index (Phi) is 4.35. The van der Waals surface area contributed by atoms with Crippen LogP contribution < -0.4 is 10.1 Å². The summed E-state index contributed by atoms with van der Waals surface area (Å²) in [6, 6.07) is 6.06. The summed E-state index contributed by atoms with van der Waals surface area (Å²) in [6.07, 6.45) is 5.01. The summed E-state index contributed by atoms with van der Waals surface area (Å²) in [6.45, 7) is 5.41. The molecule has 1 aliphatic rings. The molecule has 1 fully saturated rings. The van der Waals surface area contributed by atoms with E-state index in [1.54, 1.807) is 13.2 Å². The van der Waals surface area contributed by atoms with Crippen molar-refractivity contribution in [1.29, 1.82) is 0 Å². The van der Waals surface area contributed by atoms with Crippen LogP contribution in [-0.4, -0.2) is 18.3 Å². The molecule has 3 nitrogen and oxygen atoms in total. The molecule has 0 aromatic heterocycles. The van der Waals surface area contributed by atoms with Gasteiger partial charge in [-0.3, -0.25) is 0 Å². The lowest BCUT2D eigenvalue weighted by Crippen LogP contribution is -2.35. The highest BCUT2D eigenvalue weighted by molar-refractivity contribution is 5.39. The van der Waals surface area contributed by atoms with E-state index >= 15 is 0 Å². The van der Waals surface area contributed by atoms with E-state index in [1.807, 2.05) is 12.1 Å². The minimum atomic E-state index is 0.308. The van der Waals surface area contributed by atoms with E-state index in [9.17, 15) is 5.11 Å². The SMILES string of the molecule is COc1ccc(CNC2CCC(C)(C)CC2)c(O)c1. The number of benzene rings is 1. The van der Waals surface area contributed by atoms with E-state index in [0.29, 0.717) is 23.0 Å². The van der Waals surface area contributed by atoms with Crippen LogP contribution in [0.3, 0.4) is 0 Å². The second kappa shape index (κ2) is 5.83. The van der Waals surface area contributed by atoms with Gasteiger partial charge in [-0.25, -0.2) is 0 Å². The number of ether oxygens (including phenoxy) is 1. The predicted molar refractivity (Wildman–Crippen MR) is 77.5 cm³/mol. The summed E-state index contributed by atoms with van der Waals surface area (Å²) in [5.74, 6) is 1.00. The fourth-order valence-electron chi connectivity index (χ4n) is 2.68. The minimum absolute atomic E-state index is 0.308. The molecule has 2 N–H and O–H groups in total. The summed E-state index contributed by atoms with van der Waals surface area (Å²) in [5, 5.41) is 13.5. The fourth-order valence-corrected chi connectivity index (χ4v) is 2.68. The molecule has 1 aromatic carbocycles. The zero-order chi connectivity index (χ0) is 13.9. The number of hydrogen-bond acceptors (Lipinski definition) is 3. The minimum Gasteiger partial charge on any atom is -0.507 e. The van der Waals surface area contributed by atoms with Crippen molar-refractivity contribution < 1.29 is 9.84 Å². The predicted octanol–water partition coefficient (Wildman–Crippen LogP) is 3.46. The van der Waals surface area contributed by atoms with Crippen molar-refractivity contribution in [2.75, 3.05) is 7.11 Å². The summed E-state index contributed by atoms with van der Waals surface area (Å²) in [4.78, 5) is 0. The first-order valence-electron chi connectivity index (χ1n) is 7.09. The van der Waals surface area contributed by atoms with Crippen molar-refractivity contribution in [2.24, 2.45) is 5.41 Å². The highest BCUT2D eigenvalue weighted by atomic mass is 16.5. The van der Waals surface area contributed by atoms with Crippen molar-refractivity contribution in [1.82, 2.24) is 5.32 Å². The van der Waals surface area contributed by atoms with Crippen LogP contribution in [0.15, 0.2) is 18.2 Å². The molecule has 1 aliphatic carbocycles. The Morgan fingerprint density at radius 3 is 2.58 bits per heavy atom. The maximum absolute atomic E-state index is 9.92. The van der Waals surface area contributed by atoms with Crippen LogP contribution in [0.2, 0.25) is 0 Å². The lowest BCUT2D eigenvalue weighted by atomic mass is 9.75. The van der Waals surface area contributed by atoms with E-state index in [4.69, 9.17) is 4.74 Å². The van der Waals surface area contributed by atoms with Crippen LogP contribution in [0.5, 0.6) is 11.5 Å². The normalized spacial score (nSPS) is 19.3. The molecule has 0 saturated heterocycles. The number of phenols is 1. The lowest BCUT2D eigenvalue weighted by molar-refractivity contribution is 0.205. The molecular formula is C16H25NO2. The third-order valence-corrected chi connectivity index (χ3v) is 4.21. The van der Waals surface area contributed by atoms with E-state index in [-0.39, 0.29) is 0 Å². The van der Waals surface area contributed by atoms with Crippen LogP contribution in [-0.2, 0) is 6.54 Å². The molecule has 0 bridgehead atoms. The van der Waals surface area contributed by atoms with Gasteiger partial charge in [0.25, 0.3) is 0 Å². The largest absolute Gasteiger partial charge is 0.507 e. The molecular weight excluding hydrogens is 238 g/mol. The summed E-state index contributed by atoms with van der Waals surface area (Å²) >= 11 is 0. The number of aromatic hydroxyl groups is 1. The maximum Gasteiger partial charge on any atom is 0.123 e. The van der Waals surface area contributed by atoms with Crippen LogP contribution in [0, 0.1) is 5.41 Å². The van der Waals surface area contributed by atoms with Crippen molar-refractivity contribution in [3.05, 3.63) is 23.8 Å². The van der Waals surface area contributed by atoms with Crippen LogP contribution in [0.1, 0.15) is 45.1 Å². The van der Waals surface area contributed by atoms with Gasteiger partial charge in [0.15, 0.2) is 0 Å². The van der Waals surface area contributed by atoms with Gasteiger partial charge in [0.05, 0.1) is 7.11 Å². The molecule has 1 aromatic rings. The van der Waals surface area contributed by atoms with Gasteiger partial charge in [-0.05, 0) is 37.2 Å². The Labute approximate surface area is 116 Å². The summed E-state index contributed by atoms with van der Waals surface area (Å²) < 4.78 is 5.09. The van der Waals surface area contributed by atoms with E-state index in [2.05, 4.69) is 19.2 Å². The third kappa shape index (κ3) is 3.87. The topological polar surface area (TPSA) is 41.5 Å². The van der Waals surface area contributed by atoms with Crippen molar-refractivity contribution in [3.63, 3.8) is 0 Å². The molecule has 2 rings (SSSR count). The zero-order valence-electron chi connectivity index (χ0n) is 12.2. The molecule has 106 valence electrons. The Morgan fingerprint density at radius 1 is 1.32 bits per heavy atom. The highest BCUT2D eigenvalue weighted by Crippen LogP contribution is 2.35. The van der Waals surface area contributed by atoms with Crippen LogP contribution in [0.25, 0.3) is 0 Å². The average Bonchev–Trinajstić information content (AvgIpc) is 2.38. The average molecular weight is 263 g/mol. The van der Waals surface area contributed by atoms with Gasteiger partial charge in [0.2, 0.25) is 0 Å². The van der Waals surface area contributed by atoms with Gasteiger partial charge < -0.3 is 15.2 Å². The molecule has 0 aliphatic heterocycles. The number of nitrogens with one attached hydrogen (secondary N) is 1. The Morgan fingerprint density at radius 2 is 2.00 bits per heavy atom. The first kappa shape index (κ1) is 14.2. The monoisotopic (exact) mass is 263 g/mol. The van der Waals surface area contributed by atoms with Crippen molar-refractivity contribution in [2.45, 2.75) is 52.1 Å². The van der Waals surface area contributed by atoms with Gasteiger partial charge in [-0.15, -0.1) is 0 Å². The van der Waals surface area contributed by atoms with Gasteiger partial charge in [0, 0.05) is 24.2 Å². The van der Waals surface area contributed by atoms with E-state index in [0.717, 1.165) is 12.1 Å². The number of rotatable bonds is 4. The lowest BCUT2D eigenvalue weighted by Gasteiger charge is -2.34. The Hall–Kier alpha value is -1.22. The zero-order valence-corrected chi connectivity index (χ0v) is 12.2. The second-order valence-corrected chi connectivity index (χ2v) is 6.31. The summed E-state index contributed by atoms with van der Waals surface area (Å²) in [5.41, 5.74) is 1.44. The van der Waals surface area contributed by atoms with Gasteiger partial charge >= 0.3 is 0 Å². The van der Waals surface area contributed by atoms with Crippen molar-refractivity contribution >= 4 is 0 Å². The van der Waals surface area contributed by atoms with E-state index < -0.39 is 0 Å². The quantitative estimate of drug-likeness (QED) is 0.874. The maximum atomic E-state index is 9.92. The molecule has 19 heavy (non-hydrogen) atoms. The molecule has 3 heteroatoms. The highest BCUT2D eigenvalue weighted by Gasteiger charge is 2.26. The number of methoxy groups -OCH3 is 1. The third-order valence-electron chi connectivity index (χ3n) is 4.21. The van der Waals surface area contributed by atoms with Gasteiger partial charge in [0.1, 0.15) is 11.5 Å². The molecule has 0 radical (unpaired) electrons. The van der Waals surface area contributed by atoms with Crippen molar-refractivity contribution in [3.8, 4) is 11.5 Å². The van der Waals surface area contributed by atoms with E-state index in [1.165, 1.54) is 25.7 Å². The first-order chi connectivity index (χ1) is 9.00. The Bertz CT molecular complexity index is 419. The Balaban J connectivity index is 1.86. The number of hydrogen-bond donors (Lipinski definition) is 2. The molecule has 0 atom stereocenters. The smallest absolute Gasteiger partial charge is 0.123 e. The fraction of sp³-hybridized carbons (Fsp3) is 0.625.